The van der Waals surface area contributed by atoms with Crippen molar-refractivity contribution in [2.45, 2.75) is 39.2 Å². The minimum atomic E-state index is 0.381. The van der Waals surface area contributed by atoms with Crippen molar-refractivity contribution in [2.24, 2.45) is 5.41 Å². The Kier molecular flexibility index (Phi) is 3.38. The van der Waals surface area contributed by atoms with Crippen molar-refractivity contribution in [3.8, 4) is 0 Å². The second-order valence-corrected chi connectivity index (χ2v) is 4.41. The van der Waals surface area contributed by atoms with E-state index in [9.17, 15) is 0 Å². The summed E-state index contributed by atoms with van der Waals surface area (Å²) in [6.07, 6.45) is 4.44. The maximum absolute atomic E-state index is 5.61. The van der Waals surface area contributed by atoms with Gasteiger partial charge in [0.05, 0.1) is 12.7 Å². The lowest BCUT2D eigenvalue weighted by Crippen LogP contribution is -2.36. The lowest BCUT2D eigenvalue weighted by atomic mass is 9.71. The zero-order chi connectivity index (χ0) is 8.32. The maximum Gasteiger partial charge on any atom is 0.0533 e. The minimum absolute atomic E-state index is 0.381. The second kappa shape index (κ2) is 3.90. The molecule has 0 spiro atoms. The minimum Gasteiger partial charge on any atom is -0.378 e. The molecule has 2 heteroatoms. The molecule has 1 nitrogen and oxygen atoms in total. The third kappa shape index (κ3) is 2.45. The van der Waals surface area contributed by atoms with E-state index in [1.807, 2.05) is 0 Å². The van der Waals surface area contributed by atoms with Crippen molar-refractivity contribution in [3.63, 3.8) is 0 Å². The van der Waals surface area contributed by atoms with Crippen LogP contribution in [0.25, 0.3) is 0 Å². The van der Waals surface area contributed by atoms with E-state index >= 15 is 0 Å². The van der Waals surface area contributed by atoms with E-state index in [0.717, 1.165) is 11.9 Å². The largest absolute Gasteiger partial charge is 0.378 e. The highest BCUT2D eigenvalue weighted by Crippen LogP contribution is 2.42. The number of alkyl halides is 1. The summed E-state index contributed by atoms with van der Waals surface area (Å²) in [7, 11) is 0. The van der Waals surface area contributed by atoms with Gasteiger partial charge in [0.25, 0.3) is 0 Å². The molecule has 0 saturated heterocycles. The summed E-state index contributed by atoms with van der Waals surface area (Å²) in [4.78, 5) is 0. The Morgan fingerprint density at radius 3 is 2.36 bits per heavy atom. The van der Waals surface area contributed by atoms with E-state index in [0.29, 0.717) is 11.5 Å². The fraction of sp³-hybridized carbons (Fsp3) is 1.00. The van der Waals surface area contributed by atoms with Gasteiger partial charge in [-0.25, -0.2) is 0 Å². The van der Waals surface area contributed by atoms with Crippen molar-refractivity contribution >= 4 is 15.9 Å². The molecule has 1 aliphatic carbocycles. The lowest BCUT2D eigenvalue weighted by molar-refractivity contribution is -0.0182. The molecular weight excluding hydrogens is 204 g/mol. The molecule has 0 bridgehead atoms. The average molecular weight is 221 g/mol. The zero-order valence-corrected chi connectivity index (χ0v) is 8.99. The Bertz CT molecular complexity index is 113. The van der Waals surface area contributed by atoms with E-state index in [1.54, 1.807) is 0 Å². The van der Waals surface area contributed by atoms with Gasteiger partial charge in [-0.05, 0) is 26.7 Å². The predicted octanol–water partition coefficient (Wildman–Crippen LogP) is 2.98. The third-order valence-electron chi connectivity index (χ3n) is 2.42. The van der Waals surface area contributed by atoms with E-state index in [4.69, 9.17) is 4.74 Å². The van der Waals surface area contributed by atoms with Crippen LogP contribution in [0.2, 0.25) is 0 Å². The quantitative estimate of drug-likeness (QED) is 0.663. The molecule has 1 fully saturated rings. The summed E-state index contributed by atoms with van der Waals surface area (Å²) in [5.74, 6) is 0. The Hall–Kier alpha value is 0.440. The van der Waals surface area contributed by atoms with Crippen molar-refractivity contribution in [2.75, 3.05) is 11.9 Å². The van der Waals surface area contributed by atoms with Crippen LogP contribution in [-0.2, 0) is 4.74 Å². The molecule has 0 aromatic heterocycles. The van der Waals surface area contributed by atoms with Crippen LogP contribution in [0.5, 0.6) is 0 Å². The molecule has 11 heavy (non-hydrogen) atoms. The molecule has 0 aliphatic heterocycles. The van der Waals surface area contributed by atoms with Crippen LogP contribution < -0.4 is 0 Å². The van der Waals surface area contributed by atoms with Crippen LogP contribution in [0, 0.1) is 5.41 Å². The van der Waals surface area contributed by atoms with Crippen molar-refractivity contribution < 1.29 is 4.74 Å². The summed E-state index contributed by atoms with van der Waals surface area (Å²) < 4.78 is 5.61. The first-order valence-electron chi connectivity index (χ1n) is 4.36. The van der Waals surface area contributed by atoms with Crippen LogP contribution >= 0.6 is 15.9 Å². The van der Waals surface area contributed by atoms with Crippen molar-refractivity contribution in [3.05, 3.63) is 0 Å². The topological polar surface area (TPSA) is 9.23 Å². The molecule has 1 rings (SSSR count). The number of hydrogen-bond acceptors (Lipinski definition) is 1. The van der Waals surface area contributed by atoms with Gasteiger partial charge < -0.3 is 4.74 Å². The Morgan fingerprint density at radius 1 is 1.45 bits per heavy atom. The molecule has 0 atom stereocenters. The molecule has 0 aromatic rings. The Balaban J connectivity index is 2.22. The highest BCUT2D eigenvalue weighted by atomic mass is 79.9. The fourth-order valence-electron chi connectivity index (χ4n) is 1.34. The van der Waals surface area contributed by atoms with E-state index < -0.39 is 0 Å². The first-order chi connectivity index (χ1) is 5.18. The number of rotatable bonds is 4. The van der Waals surface area contributed by atoms with Gasteiger partial charge >= 0.3 is 0 Å². The monoisotopic (exact) mass is 220 g/mol. The van der Waals surface area contributed by atoms with E-state index in [2.05, 4.69) is 29.8 Å². The molecule has 0 radical (unpaired) electrons. The van der Waals surface area contributed by atoms with Gasteiger partial charge in [-0.15, -0.1) is 0 Å². The number of halogens is 1. The van der Waals surface area contributed by atoms with Gasteiger partial charge in [-0.3, -0.25) is 0 Å². The molecule has 0 heterocycles. The molecule has 0 aromatic carbocycles. The summed E-state index contributed by atoms with van der Waals surface area (Å²) in [5, 5.41) is 1.10. The summed E-state index contributed by atoms with van der Waals surface area (Å²) in [6.45, 7) is 5.14. The summed E-state index contributed by atoms with van der Waals surface area (Å²) >= 11 is 3.55. The first kappa shape index (κ1) is 9.53. The molecule has 0 amide bonds. The van der Waals surface area contributed by atoms with E-state index in [-0.39, 0.29) is 0 Å². The summed E-state index contributed by atoms with van der Waals surface area (Å²) in [6, 6.07) is 0. The van der Waals surface area contributed by atoms with Gasteiger partial charge in [0.1, 0.15) is 0 Å². The van der Waals surface area contributed by atoms with Crippen LogP contribution in [0.4, 0.5) is 0 Å². The van der Waals surface area contributed by atoms with Crippen LogP contribution in [0.15, 0.2) is 0 Å². The standard InChI is InChI=1S/C9H17BrO/c1-8(2)11-7-9(6-10)4-3-5-9/h8H,3-7H2,1-2H3. The van der Waals surface area contributed by atoms with Gasteiger partial charge in [0.2, 0.25) is 0 Å². The third-order valence-corrected chi connectivity index (χ3v) is 3.61. The van der Waals surface area contributed by atoms with Crippen LogP contribution in [0.1, 0.15) is 33.1 Å². The van der Waals surface area contributed by atoms with Gasteiger partial charge in [0.15, 0.2) is 0 Å². The molecule has 0 N–H and O–H groups in total. The smallest absolute Gasteiger partial charge is 0.0533 e. The fourth-order valence-corrected chi connectivity index (χ4v) is 2.06. The zero-order valence-electron chi connectivity index (χ0n) is 7.40. The normalized spacial score (nSPS) is 21.8. The van der Waals surface area contributed by atoms with Gasteiger partial charge in [-0.1, -0.05) is 22.4 Å². The lowest BCUT2D eigenvalue weighted by Gasteiger charge is -2.40. The Labute approximate surface area is 77.6 Å². The number of ether oxygens (including phenoxy) is 1. The summed E-state index contributed by atoms with van der Waals surface area (Å²) in [5.41, 5.74) is 0.490. The van der Waals surface area contributed by atoms with Gasteiger partial charge in [0, 0.05) is 10.7 Å². The first-order valence-corrected chi connectivity index (χ1v) is 5.48. The maximum atomic E-state index is 5.61. The van der Waals surface area contributed by atoms with Crippen molar-refractivity contribution in [1.29, 1.82) is 0 Å². The molecule has 1 saturated carbocycles. The molecule has 66 valence electrons. The predicted molar refractivity (Wildman–Crippen MR) is 51.2 cm³/mol. The van der Waals surface area contributed by atoms with Gasteiger partial charge in [-0.2, -0.15) is 0 Å². The van der Waals surface area contributed by atoms with Crippen LogP contribution in [0.3, 0.4) is 0 Å². The average Bonchev–Trinajstić information content (AvgIpc) is 1.86. The van der Waals surface area contributed by atoms with Crippen LogP contribution in [-0.4, -0.2) is 18.0 Å². The molecular formula is C9H17BrO. The highest BCUT2D eigenvalue weighted by molar-refractivity contribution is 9.09. The van der Waals surface area contributed by atoms with E-state index in [1.165, 1.54) is 19.3 Å². The Morgan fingerprint density at radius 2 is 2.09 bits per heavy atom. The number of hydrogen-bond donors (Lipinski definition) is 0. The second-order valence-electron chi connectivity index (χ2n) is 3.85. The van der Waals surface area contributed by atoms with Crippen molar-refractivity contribution in [1.82, 2.24) is 0 Å². The molecule has 1 aliphatic rings. The highest BCUT2D eigenvalue weighted by Gasteiger charge is 2.36. The molecule has 0 unspecified atom stereocenters. The SMILES string of the molecule is CC(C)OCC1(CBr)CCC1.